The van der Waals surface area contributed by atoms with E-state index in [2.05, 4.69) is 10.4 Å². The second kappa shape index (κ2) is 7.47. The summed E-state index contributed by atoms with van der Waals surface area (Å²) >= 11 is 5.94. The number of halogens is 1. The first-order valence-electron chi connectivity index (χ1n) is 8.00. The van der Waals surface area contributed by atoms with Gasteiger partial charge >= 0.3 is 0 Å². The highest BCUT2D eigenvalue weighted by molar-refractivity contribution is 6.30. The number of carbonyl (C=O) groups is 1. The maximum Gasteiger partial charge on any atom is 0.249 e. The monoisotopic (exact) mass is 329 g/mol. The summed E-state index contributed by atoms with van der Waals surface area (Å²) in [6, 6.07) is 9.63. The minimum absolute atomic E-state index is 0.164. The van der Waals surface area contributed by atoms with Crippen LogP contribution in [0.5, 0.6) is 0 Å². The summed E-state index contributed by atoms with van der Waals surface area (Å²) in [6.07, 6.45) is 11.0. The molecule has 1 aliphatic carbocycles. The molecular formula is C18H20ClN3O. The van der Waals surface area contributed by atoms with E-state index in [1.54, 1.807) is 12.3 Å². The van der Waals surface area contributed by atoms with Crippen LogP contribution < -0.4 is 5.32 Å². The van der Waals surface area contributed by atoms with Gasteiger partial charge in [0.15, 0.2) is 0 Å². The van der Waals surface area contributed by atoms with Crippen LogP contribution in [0.2, 0.25) is 5.02 Å². The first-order chi connectivity index (χ1) is 11.2. The van der Waals surface area contributed by atoms with Crippen molar-refractivity contribution >= 4 is 29.4 Å². The lowest BCUT2D eigenvalue weighted by atomic mass is 9.96. The van der Waals surface area contributed by atoms with Gasteiger partial charge in [0.25, 0.3) is 0 Å². The molecule has 0 aliphatic heterocycles. The van der Waals surface area contributed by atoms with E-state index < -0.39 is 0 Å². The van der Waals surface area contributed by atoms with Gasteiger partial charge in [-0.2, -0.15) is 5.10 Å². The number of aromatic nitrogens is 2. The van der Waals surface area contributed by atoms with Crippen molar-refractivity contribution < 1.29 is 4.79 Å². The molecule has 4 nitrogen and oxygen atoms in total. The number of nitrogens with zero attached hydrogens (tertiary/aromatic N) is 2. The maximum absolute atomic E-state index is 12.1. The largest absolute Gasteiger partial charge is 0.307 e. The highest BCUT2D eigenvalue weighted by Crippen LogP contribution is 2.29. The number of amides is 1. The molecule has 0 spiro atoms. The van der Waals surface area contributed by atoms with E-state index in [1.807, 2.05) is 35.0 Å². The molecule has 0 radical (unpaired) electrons. The molecule has 23 heavy (non-hydrogen) atoms. The van der Waals surface area contributed by atoms with E-state index >= 15 is 0 Å². The number of hydrogen-bond acceptors (Lipinski definition) is 2. The van der Waals surface area contributed by atoms with Crippen molar-refractivity contribution in [3.63, 3.8) is 0 Å². The van der Waals surface area contributed by atoms with E-state index in [4.69, 9.17) is 11.6 Å². The van der Waals surface area contributed by atoms with Crippen molar-refractivity contribution in [2.45, 2.75) is 38.1 Å². The molecule has 5 heteroatoms. The molecule has 120 valence electrons. The molecule has 0 bridgehead atoms. The molecule has 1 saturated carbocycles. The Labute approximate surface area is 141 Å². The highest BCUT2D eigenvalue weighted by Gasteiger charge is 2.18. The minimum atomic E-state index is -0.164. The van der Waals surface area contributed by atoms with Gasteiger partial charge in [-0.15, -0.1) is 0 Å². The number of nitrogens with one attached hydrogen (secondary N) is 1. The van der Waals surface area contributed by atoms with Crippen LogP contribution in [0.25, 0.3) is 6.08 Å². The number of benzene rings is 1. The maximum atomic E-state index is 12.1. The Balaban J connectivity index is 1.65. The van der Waals surface area contributed by atoms with Crippen molar-refractivity contribution in [2.24, 2.45) is 0 Å². The lowest BCUT2D eigenvalue weighted by molar-refractivity contribution is -0.111. The fraction of sp³-hybridized carbons (Fsp3) is 0.333. The fourth-order valence-corrected chi connectivity index (χ4v) is 3.18. The molecule has 1 aromatic heterocycles. The van der Waals surface area contributed by atoms with Crippen LogP contribution >= 0.6 is 11.6 Å². The highest BCUT2D eigenvalue weighted by atomic mass is 35.5. The molecule has 1 aromatic carbocycles. The Hall–Kier alpha value is -2.07. The molecule has 0 saturated heterocycles. The SMILES string of the molecule is O=C(/C=C/c1cccc(Cl)c1)Nc1ccnn1C1CCCCC1. The molecule has 1 N–H and O–H groups in total. The van der Waals surface area contributed by atoms with E-state index in [0.717, 1.165) is 24.2 Å². The number of carbonyl (C=O) groups excluding carboxylic acids is 1. The summed E-state index contributed by atoms with van der Waals surface area (Å²) < 4.78 is 1.95. The van der Waals surface area contributed by atoms with Gasteiger partial charge in [-0.3, -0.25) is 4.79 Å². The van der Waals surface area contributed by atoms with Crippen LogP contribution in [0, 0.1) is 0 Å². The quantitative estimate of drug-likeness (QED) is 0.827. The zero-order valence-corrected chi connectivity index (χ0v) is 13.7. The van der Waals surface area contributed by atoms with E-state index in [9.17, 15) is 4.79 Å². The fourth-order valence-electron chi connectivity index (χ4n) is 2.98. The smallest absolute Gasteiger partial charge is 0.249 e. The molecule has 1 heterocycles. The van der Waals surface area contributed by atoms with Crippen molar-refractivity contribution in [3.8, 4) is 0 Å². The van der Waals surface area contributed by atoms with Crippen LogP contribution in [0.15, 0.2) is 42.6 Å². The molecular weight excluding hydrogens is 310 g/mol. The molecule has 3 rings (SSSR count). The molecule has 1 aliphatic rings. The normalized spacial score (nSPS) is 15.9. The molecule has 1 amide bonds. The van der Waals surface area contributed by atoms with E-state index in [-0.39, 0.29) is 5.91 Å². The second-order valence-electron chi connectivity index (χ2n) is 5.83. The van der Waals surface area contributed by atoms with Crippen LogP contribution in [-0.2, 0) is 4.79 Å². The number of rotatable bonds is 4. The predicted molar refractivity (Wildman–Crippen MR) is 93.5 cm³/mol. The standard InChI is InChI=1S/C18H20ClN3O/c19-15-6-4-5-14(13-15)9-10-18(23)21-17-11-12-20-22(17)16-7-2-1-3-8-16/h4-6,9-13,16H,1-3,7-8H2,(H,21,23)/b10-9+. The lowest BCUT2D eigenvalue weighted by Crippen LogP contribution is -2.19. The third-order valence-corrected chi connectivity index (χ3v) is 4.35. The Kier molecular flexibility index (Phi) is 5.13. The molecule has 1 fully saturated rings. The Morgan fingerprint density at radius 2 is 2.09 bits per heavy atom. The van der Waals surface area contributed by atoms with Gasteiger partial charge in [-0.1, -0.05) is 43.0 Å². The third-order valence-electron chi connectivity index (χ3n) is 4.12. The summed E-state index contributed by atoms with van der Waals surface area (Å²) in [5.74, 6) is 0.597. The summed E-state index contributed by atoms with van der Waals surface area (Å²) in [4.78, 5) is 12.1. The van der Waals surface area contributed by atoms with Crippen LogP contribution in [0.1, 0.15) is 43.7 Å². The van der Waals surface area contributed by atoms with Gasteiger partial charge < -0.3 is 5.32 Å². The van der Waals surface area contributed by atoms with Crippen molar-refractivity contribution in [1.82, 2.24) is 9.78 Å². The Morgan fingerprint density at radius 1 is 1.26 bits per heavy atom. The zero-order valence-electron chi connectivity index (χ0n) is 12.9. The van der Waals surface area contributed by atoms with Gasteiger partial charge in [-0.25, -0.2) is 4.68 Å². The third kappa shape index (κ3) is 4.23. The van der Waals surface area contributed by atoms with Gasteiger partial charge in [0.05, 0.1) is 12.2 Å². The van der Waals surface area contributed by atoms with Gasteiger partial charge in [0.2, 0.25) is 5.91 Å². The topological polar surface area (TPSA) is 46.9 Å². The number of anilines is 1. The summed E-state index contributed by atoms with van der Waals surface area (Å²) in [5.41, 5.74) is 0.897. The van der Waals surface area contributed by atoms with Gasteiger partial charge in [0.1, 0.15) is 5.82 Å². The summed E-state index contributed by atoms with van der Waals surface area (Å²) in [7, 11) is 0. The van der Waals surface area contributed by atoms with Gasteiger partial charge in [-0.05, 0) is 36.6 Å². The Morgan fingerprint density at radius 3 is 2.87 bits per heavy atom. The van der Waals surface area contributed by atoms with Gasteiger partial charge in [0, 0.05) is 17.2 Å². The first kappa shape index (κ1) is 15.8. The summed E-state index contributed by atoms with van der Waals surface area (Å²) in [5, 5.41) is 7.95. The van der Waals surface area contributed by atoms with Crippen LogP contribution in [-0.4, -0.2) is 15.7 Å². The molecule has 2 aromatic rings. The number of hydrogen-bond donors (Lipinski definition) is 1. The zero-order chi connectivity index (χ0) is 16.1. The predicted octanol–water partition coefficient (Wildman–Crippen LogP) is 4.69. The van der Waals surface area contributed by atoms with Crippen molar-refractivity contribution in [3.05, 3.63) is 53.2 Å². The minimum Gasteiger partial charge on any atom is -0.307 e. The lowest BCUT2D eigenvalue weighted by Gasteiger charge is -2.23. The van der Waals surface area contributed by atoms with Crippen LogP contribution in [0.4, 0.5) is 5.82 Å². The van der Waals surface area contributed by atoms with Crippen LogP contribution in [0.3, 0.4) is 0 Å². The van der Waals surface area contributed by atoms with Crippen molar-refractivity contribution in [1.29, 1.82) is 0 Å². The summed E-state index contributed by atoms with van der Waals surface area (Å²) in [6.45, 7) is 0. The average Bonchev–Trinajstić information content (AvgIpc) is 3.02. The first-order valence-corrected chi connectivity index (χ1v) is 8.38. The second-order valence-corrected chi connectivity index (χ2v) is 6.27. The molecule has 0 unspecified atom stereocenters. The average molecular weight is 330 g/mol. The van der Waals surface area contributed by atoms with E-state index in [0.29, 0.717) is 11.1 Å². The van der Waals surface area contributed by atoms with E-state index in [1.165, 1.54) is 25.3 Å². The Bertz CT molecular complexity index is 702. The molecule has 0 atom stereocenters. The van der Waals surface area contributed by atoms with Crippen molar-refractivity contribution in [2.75, 3.05) is 5.32 Å².